The van der Waals surface area contributed by atoms with Crippen LogP contribution in [0.3, 0.4) is 0 Å². The van der Waals surface area contributed by atoms with Gasteiger partial charge in [0.1, 0.15) is 5.75 Å². The average molecular weight is 454 g/mol. The minimum atomic E-state index is -3.67. The van der Waals surface area contributed by atoms with Crippen LogP contribution in [0.15, 0.2) is 47.4 Å². The monoisotopic (exact) mass is 453 g/mol. The third-order valence-electron chi connectivity index (χ3n) is 4.94. The number of piperidine rings is 1. The second kappa shape index (κ2) is 8.99. The molecule has 2 aromatic carbocycles. The third kappa shape index (κ3) is 4.72. The predicted molar refractivity (Wildman–Crippen MR) is 111 cm³/mol. The molecule has 1 aliphatic rings. The highest BCUT2D eigenvalue weighted by atomic mass is 35.5. The van der Waals surface area contributed by atoms with Crippen LogP contribution in [-0.4, -0.2) is 43.8 Å². The number of rotatable bonds is 6. The van der Waals surface area contributed by atoms with E-state index in [-0.39, 0.29) is 40.3 Å². The molecule has 0 saturated carbocycles. The maximum atomic E-state index is 12.8. The number of carbonyl (C=O) groups is 1. The van der Waals surface area contributed by atoms with Gasteiger partial charge < -0.3 is 10.1 Å². The Bertz CT molecular complexity index is 1050. The van der Waals surface area contributed by atoms with Gasteiger partial charge in [0, 0.05) is 31.1 Å². The van der Waals surface area contributed by atoms with Crippen molar-refractivity contribution in [3.05, 3.63) is 57.6 Å². The molecule has 1 fully saturated rings. The average Bonchev–Trinajstić information content (AvgIpc) is 2.75. The first-order valence-corrected chi connectivity index (χ1v) is 10.9. The highest BCUT2D eigenvalue weighted by molar-refractivity contribution is 7.89. The van der Waals surface area contributed by atoms with E-state index in [4.69, 9.17) is 16.3 Å². The van der Waals surface area contributed by atoms with Gasteiger partial charge >= 0.3 is 0 Å². The summed E-state index contributed by atoms with van der Waals surface area (Å²) in [4.78, 5) is 23.1. The molecular weight excluding hydrogens is 434 g/mol. The second-order valence-electron chi connectivity index (χ2n) is 6.76. The van der Waals surface area contributed by atoms with Gasteiger partial charge in [-0.25, -0.2) is 8.42 Å². The minimum Gasteiger partial charge on any atom is -0.497 e. The number of hydrogen-bond donors (Lipinski definition) is 1. The maximum Gasteiger partial charge on any atom is 0.271 e. The van der Waals surface area contributed by atoms with Crippen molar-refractivity contribution in [2.24, 2.45) is 5.92 Å². The Morgan fingerprint density at radius 3 is 2.40 bits per heavy atom. The van der Waals surface area contributed by atoms with Crippen LogP contribution in [0.4, 0.5) is 11.4 Å². The van der Waals surface area contributed by atoms with Gasteiger partial charge in [0.25, 0.3) is 5.69 Å². The number of anilines is 1. The molecule has 30 heavy (non-hydrogen) atoms. The number of nitrogens with one attached hydrogen (secondary N) is 1. The van der Waals surface area contributed by atoms with Crippen molar-refractivity contribution in [3.63, 3.8) is 0 Å². The number of methoxy groups -OCH3 is 1. The first-order valence-electron chi connectivity index (χ1n) is 9.11. The van der Waals surface area contributed by atoms with Gasteiger partial charge in [-0.05, 0) is 43.2 Å². The quantitative estimate of drug-likeness (QED) is 0.529. The zero-order valence-electron chi connectivity index (χ0n) is 16.1. The van der Waals surface area contributed by atoms with Crippen LogP contribution < -0.4 is 10.1 Å². The van der Waals surface area contributed by atoms with Crippen molar-refractivity contribution < 1.29 is 22.9 Å². The van der Waals surface area contributed by atoms with Crippen LogP contribution in [-0.2, 0) is 14.8 Å². The number of sulfonamides is 1. The molecule has 9 nitrogen and oxygen atoms in total. The minimum absolute atomic E-state index is 0.157. The number of amides is 1. The number of benzene rings is 2. The van der Waals surface area contributed by atoms with Gasteiger partial charge in [-0.3, -0.25) is 14.9 Å². The van der Waals surface area contributed by atoms with E-state index in [9.17, 15) is 23.3 Å². The normalized spacial score (nSPS) is 15.5. The van der Waals surface area contributed by atoms with Gasteiger partial charge in [0.05, 0.1) is 27.6 Å². The molecule has 1 heterocycles. The Balaban J connectivity index is 1.64. The fourth-order valence-corrected chi connectivity index (χ4v) is 4.85. The van der Waals surface area contributed by atoms with E-state index in [0.717, 1.165) is 0 Å². The van der Waals surface area contributed by atoms with Crippen molar-refractivity contribution in [1.29, 1.82) is 0 Å². The summed E-state index contributed by atoms with van der Waals surface area (Å²) in [6, 6.07) is 9.92. The Labute approximate surface area is 178 Å². The summed E-state index contributed by atoms with van der Waals surface area (Å²) in [6.45, 7) is 0.379. The van der Waals surface area contributed by atoms with E-state index in [0.29, 0.717) is 18.6 Å². The molecule has 0 spiro atoms. The lowest BCUT2D eigenvalue weighted by molar-refractivity contribution is -0.384. The van der Waals surface area contributed by atoms with Crippen molar-refractivity contribution in [2.75, 3.05) is 25.5 Å². The van der Waals surface area contributed by atoms with Gasteiger partial charge in [0.2, 0.25) is 15.9 Å². The number of nitro groups is 1. The molecule has 0 bridgehead atoms. The predicted octanol–water partition coefficient (Wildman–Crippen LogP) is 3.30. The molecule has 1 N–H and O–H groups in total. The van der Waals surface area contributed by atoms with E-state index in [1.54, 1.807) is 12.1 Å². The molecule has 0 aromatic heterocycles. The number of hydrogen-bond acceptors (Lipinski definition) is 6. The first kappa shape index (κ1) is 22.0. The number of non-ortho nitro benzene ring substituents is 1. The summed E-state index contributed by atoms with van der Waals surface area (Å²) in [5, 5.41) is 13.7. The molecule has 1 saturated heterocycles. The fraction of sp³-hybridized carbons (Fsp3) is 0.316. The molecule has 2 aromatic rings. The molecule has 11 heteroatoms. The van der Waals surface area contributed by atoms with Crippen molar-refractivity contribution >= 4 is 38.9 Å². The van der Waals surface area contributed by atoms with Crippen molar-refractivity contribution in [1.82, 2.24) is 4.31 Å². The molecule has 0 aliphatic carbocycles. The highest BCUT2D eigenvalue weighted by Crippen LogP contribution is 2.29. The standard InChI is InChI=1S/C19H20ClN3O6S/c1-29-15-3-5-16(6-4-15)30(27,28)22-10-8-13(9-11-22)19(24)21-18-12-14(23(25)26)2-7-17(18)20/h2-7,12-13H,8-11H2,1H3,(H,21,24). The van der Waals surface area contributed by atoms with E-state index in [2.05, 4.69) is 5.32 Å². The Morgan fingerprint density at radius 2 is 1.83 bits per heavy atom. The van der Waals surface area contributed by atoms with Gasteiger partial charge in [-0.15, -0.1) is 0 Å². The number of carbonyl (C=O) groups excluding carboxylic acids is 1. The topological polar surface area (TPSA) is 119 Å². The first-order chi connectivity index (χ1) is 14.2. The zero-order chi connectivity index (χ0) is 21.9. The van der Waals surface area contributed by atoms with Crippen LogP contribution >= 0.6 is 11.6 Å². The number of nitro benzene ring substituents is 1. The summed E-state index contributed by atoms with van der Waals surface area (Å²) in [7, 11) is -2.17. The van der Waals surface area contributed by atoms with Crippen LogP contribution in [0.5, 0.6) is 5.75 Å². The largest absolute Gasteiger partial charge is 0.497 e. The van der Waals surface area contributed by atoms with E-state index in [1.807, 2.05) is 0 Å². The Kier molecular flexibility index (Phi) is 6.59. The summed E-state index contributed by atoms with van der Waals surface area (Å²) in [5.41, 5.74) is -0.0285. The highest BCUT2D eigenvalue weighted by Gasteiger charge is 2.32. The number of halogens is 1. The lowest BCUT2D eigenvalue weighted by Gasteiger charge is -2.30. The van der Waals surface area contributed by atoms with Crippen LogP contribution in [0.1, 0.15) is 12.8 Å². The molecule has 1 amide bonds. The number of nitrogens with zero attached hydrogens (tertiary/aromatic N) is 2. The fourth-order valence-electron chi connectivity index (χ4n) is 3.21. The molecular formula is C19H20ClN3O6S. The lowest BCUT2D eigenvalue weighted by Crippen LogP contribution is -2.41. The van der Waals surface area contributed by atoms with Crippen molar-refractivity contribution in [2.45, 2.75) is 17.7 Å². The summed E-state index contributed by atoms with van der Waals surface area (Å²) in [5.74, 6) is -0.217. The van der Waals surface area contributed by atoms with Gasteiger partial charge in [-0.2, -0.15) is 4.31 Å². The molecule has 1 aliphatic heterocycles. The molecule has 0 atom stereocenters. The molecule has 0 radical (unpaired) electrons. The molecule has 3 rings (SSSR count). The van der Waals surface area contributed by atoms with Gasteiger partial charge in [-0.1, -0.05) is 11.6 Å². The Hall–Kier alpha value is -2.69. The number of ether oxygens (including phenoxy) is 1. The second-order valence-corrected chi connectivity index (χ2v) is 9.11. The zero-order valence-corrected chi connectivity index (χ0v) is 17.6. The summed E-state index contributed by atoms with van der Waals surface area (Å²) >= 11 is 6.02. The molecule has 160 valence electrons. The third-order valence-corrected chi connectivity index (χ3v) is 7.18. The maximum absolute atomic E-state index is 12.8. The smallest absolute Gasteiger partial charge is 0.271 e. The van der Waals surface area contributed by atoms with Crippen LogP contribution in [0.2, 0.25) is 5.02 Å². The Morgan fingerprint density at radius 1 is 1.20 bits per heavy atom. The van der Waals surface area contributed by atoms with Crippen molar-refractivity contribution in [3.8, 4) is 5.75 Å². The lowest BCUT2D eigenvalue weighted by atomic mass is 9.97. The van der Waals surface area contributed by atoms with Gasteiger partial charge in [0.15, 0.2) is 0 Å². The van der Waals surface area contributed by atoms with E-state index in [1.165, 1.54) is 41.7 Å². The summed E-state index contributed by atoms with van der Waals surface area (Å²) < 4.78 is 32.0. The van der Waals surface area contributed by atoms with Crippen LogP contribution in [0.25, 0.3) is 0 Å². The molecule has 0 unspecified atom stereocenters. The van der Waals surface area contributed by atoms with E-state index >= 15 is 0 Å². The SMILES string of the molecule is COc1ccc(S(=O)(=O)N2CCC(C(=O)Nc3cc([N+](=O)[O-])ccc3Cl)CC2)cc1. The summed E-state index contributed by atoms with van der Waals surface area (Å²) in [6.07, 6.45) is 0.654. The van der Waals surface area contributed by atoms with E-state index < -0.39 is 20.9 Å². The van der Waals surface area contributed by atoms with Crippen LogP contribution in [0, 0.1) is 16.0 Å².